The summed E-state index contributed by atoms with van der Waals surface area (Å²) in [5, 5.41) is 12.5. The Morgan fingerprint density at radius 3 is 2.73 bits per heavy atom. The predicted octanol–water partition coefficient (Wildman–Crippen LogP) is 2.54. The summed E-state index contributed by atoms with van der Waals surface area (Å²) in [6.07, 6.45) is 0.0723. The monoisotopic (exact) mass is 366 g/mol. The van der Waals surface area contributed by atoms with Gasteiger partial charge in [-0.25, -0.2) is 13.6 Å². The van der Waals surface area contributed by atoms with Crippen molar-refractivity contribution in [2.75, 3.05) is 6.61 Å². The fourth-order valence-electron chi connectivity index (χ4n) is 2.92. The quantitative estimate of drug-likeness (QED) is 0.818. The van der Waals surface area contributed by atoms with E-state index in [1.54, 1.807) is 6.92 Å². The molecule has 1 aliphatic rings. The Kier molecular flexibility index (Phi) is 4.88. The van der Waals surface area contributed by atoms with Crippen LogP contribution in [0.5, 0.6) is 5.75 Å². The number of hydrogen-bond donors (Lipinski definition) is 1. The van der Waals surface area contributed by atoms with E-state index in [1.807, 2.05) is 0 Å². The van der Waals surface area contributed by atoms with Crippen LogP contribution < -0.4 is 4.74 Å². The number of nitrogens with zero attached hydrogens (tertiary/aromatic N) is 2. The zero-order valence-corrected chi connectivity index (χ0v) is 13.9. The van der Waals surface area contributed by atoms with Crippen molar-refractivity contribution < 1.29 is 33.0 Å². The average molecular weight is 366 g/mol. The Morgan fingerprint density at radius 1 is 1.35 bits per heavy atom. The largest absolute Gasteiger partial charge is 0.484 e. The van der Waals surface area contributed by atoms with Gasteiger partial charge < -0.3 is 14.6 Å². The second kappa shape index (κ2) is 7.11. The van der Waals surface area contributed by atoms with E-state index in [4.69, 9.17) is 14.6 Å². The van der Waals surface area contributed by atoms with Crippen molar-refractivity contribution in [3.63, 3.8) is 0 Å². The molecule has 9 heteroatoms. The van der Waals surface area contributed by atoms with Crippen molar-refractivity contribution in [3.05, 3.63) is 46.8 Å². The molecule has 1 heterocycles. The van der Waals surface area contributed by atoms with Crippen LogP contribution in [0.3, 0.4) is 0 Å². The van der Waals surface area contributed by atoms with Crippen molar-refractivity contribution in [1.29, 1.82) is 0 Å². The zero-order valence-electron chi connectivity index (χ0n) is 13.9. The molecular weight excluding hydrogens is 350 g/mol. The highest BCUT2D eigenvalue weighted by Crippen LogP contribution is 2.36. The van der Waals surface area contributed by atoms with Crippen LogP contribution in [0.4, 0.5) is 13.6 Å². The molecular formula is C17H16F2N2O5. The van der Waals surface area contributed by atoms with E-state index in [0.717, 1.165) is 6.07 Å². The molecule has 3 rings (SSSR count). The van der Waals surface area contributed by atoms with Crippen LogP contribution in [0.15, 0.2) is 18.3 Å². The number of ether oxygens (including phenoxy) is 2. The normalized spacial score (nSPS) is 15.6. The number of carbonyl (C=O) groups is 2. The number of esters is 1. The molecule has 0 fully saturated rings. The van der Waals surface area contributed by atoms with Gasteiger partial charge in [0.15, 0.2) is 11.6 Å². The standard InChI is InChI=1S/C17H16F2N2O5/c1-2-25-16(22)9-5-11-12(6-9)15(19)14(7-13(11)18)26-8-10-3-4-21(20-10)17(23)24/h3-4,7,9H,2,5-6,8H2,1H3,(H,23,24). The lowest BCUT2D eigenvalue weighted by Gasteiger charge is -2.10. The highest BCUT2D eigenvalue weighted by molar-refractivity contribution is 5.74. The molecule has 2 aromatic rings. The third-order valence-corrected chi connectivity index (χ3v) is 4.13. The Balaban J connectivity index is 1.76. The molecule has 7 nitrogen and oxygen atoms in total. The number of hydrogen-bond acceptors (Lipinski definition) is 5. The van der Waals surface area contributed by atoms with Gasteiger partial charge in [0, 0.05) is 12.3 Å². The summed E-state index contributed by atoms with van der Waals surface area (Å²) in [4.78, 5) is 22.6. The molecule has 0 saturated carbocycles. The summed E-state index contributed by atoms with van der Waals surface area (Å²) in [7, 11) is 0. The van der Waals surface area contributed by atoms with Crippen LogP contribution in [0, 0.1) is 17.6 Å². The molecule has 1 atom stereocenters. The summed E-state index contributed by atoms with van der Waals surface area (Å²) in [6, 6.07) is 2.32. The lowest BCUT2D eigenvalue weighted by Crippen LogP contribution is -2.18. The first-order valence-corrected chi connectivity index (χ1v) is 7.97. The van der Waals surface area contributed by atoms with E-state index < -0.39 is 29.6 Å². The Hall–Kier alpha value is -2.97. The molecule has 1 unspecified atom stereocenters. The molecule has 1 N–H and O–H groups in total. The van der Waals surface area contributed by atoms with Crippen molar-refractivity contribution in [2.45, 2.75) is 26.4 Å². The lowest BCUT2D eigenvalue weighted by atomic mass is 10.1. The first kappa shape index (κ1) is 17.8. The Morgan fingerprint density at radius 2 is 2.08 bits per heavy atom. The van der Waals surface area contributed by atoms with Crippen LogP contribution in [0.2, 0.25) is 0 Å². The van der Waals surface area contributed by atoms with Crippen LogP contribution in [0.25, 0.3) is 0 Å². The van der Waals surface area contributed by atoms with Gasteiger partial charge in [0.2, 0.25) is 0 Å². The van der Waals surface area contributed by atoms with E-state index in [-0.39, 0.29) is 48.6 Å². The molecule has 1 aromatic carbocycles. The number of fused-ring (bicyclic) bond motifs is 1. The summed E-state index contributed by atoms with van der Waals surface area (Å²) >= 11 is 0. The molecule has 0 radical (unpaired) electrons. The molecule has 138 valence electrons. The van der Waals surface area contributed by atoms with Gasteiger partial charge in [-0.3, -0.25) is 4.79 Å². The van der Waals surface area contributed by atoms with E-state index in [9.17, 15) is 18.4 Å². The Bertz CT molecular complexity index is 865. The van der Waals surface area contributed by atoms with Crippen LogP contribution in [-0.2, 0) is 29.0 Å². The van der Waals surface area contributed by atoms with Crippen LogP contribution in [-0.4, -0.2) is 33.6 Å². The van der Waals surface area contributed by atoms with Gasteiger partial charge in [0.1, 0.15) is 18.1 Å². The van der Waals surface area contributed by atoms with E-state index in [1.165, 1.54) is 12.3 Å². The summed E-state index contributed by atoms with van der Waals surface area (Å²) in [6.45, 7) is 1.64. The molecule has 1 aromatic heterocycles. The van der Waals surface area contributed by atoms with Gasteiger partial charge in [-0.1, -0.05) is 0 Å². The predicted molar refractivity (Wildman–Crippen MR) is 83.9 cm³/mol. The number of carboxylic acid groups (broad SMARTS) is 1. The van der Waals surface area contributed by atoms with Crippen LogP contribution in [0.1, 0.15) is 23.7 Å². The minimum atomic E-state index is -1.27. The highest BCUT2D eigenvalue weighted by Gasteiger charge is 2.34. The molecule has 0 aliphatic heterocycles. The summed E-state index contributed by atoms with van der Waals surface area (Å²) < 4.78 is 39.8. The average Bonchev–Trinajstić information content (AvgIpc) is 3.24. The number of benzene rings is 1. The Labute approximate surface area is 147 Å². The maximum absolute atomic E-state index is 14.6. The molecule has 0 spiro atoms. The highest BCUT2D eigenvalue weighted by atomic mass is 19.1. The first-order valence-electron chi connectivity index (χ1n) is 7.97. The maximum atomic E-state index is 14.6. The molecule has 0 bridgehead atoms. The number of halogens is 2. The summed E-state index contributed by atoms with van der Waals surface area (Å²) in [5.41, 5.74) is 0.509. The smallest absolute Gasteiger partial charge is 0.432 e. The van der Waals surface area contributed by atoms with Gasteiger partial charge in [-0.2, -0.15) is 9.78 Å². The molecule has 0 saturated heterocycles. The number of aromatic nitrogens is 2. The van der Waals surface area contributed by atoms with Gasteiger partial charge in [0.05, 0.1) is 12.5 Å². The van der Waals surface area contributed by atoms with E-state index >= 15 is 0 Å². The van der Waals surface area contributed by atoms with Crippen molar-refractivity contribution in [2.24, 2.45) is 5.92 Å². The van der Waals surface area contributed by atoms with Gasteiger partial charge in [-0.15, -0.1) is 0 Å². The first-order chi connectivity index (χ1) is 12.4. The van der Waals surface area contributed by atoms with Crippen molar-refractivity contribution in [1.82, 2.24) is 9.78 Å². The van der Waals surface area contributed by atoms with Gasteiger partial charge in [-0.05, 0) is 37.0 Å². The number of rotatable bonds is 5. The lowest BCUT2D eigenvalue weighted by molar-refractivity contribution is -0.147. The zero-order chi connectivity index (χ0) is 18.8. The summed E-state index contributed by atoms with van der Waals surface area (Å²) in [5.74, 6) is -2.79. The fourth-order valence-corrected chi connectivity index (χ4v) is 2.92. The SMILES string of the molecule is CCOC(=O)C1Cc2c(F)cc(OCc3ccn(C(=O)O)n3)c(F)c2C1. The minimum absolute atomic E-state index is 0.0434. The minimum Gasteiger partial charge on any atom is -0.484 e. The topological polar surface area (TPSA) is 90.7 Å². The van der Waals surface area contributed by atoms with Gasteiger partial charge >= 0.3 is 12.1 Å². The maximum Gasteiger partial charge on any atom is 0.432 e. The van der Waals surface area contributed by atoms with E-state index in [0.29, 0.717) is 4.68 Å². The van der Waals surface area contributed by atoms with Gasteiger partial charge in [0.25, 0.3) is 0 Å². The fraction of sp³-hybridized carbons (Fsp3) is 0.353. The van der Waals surface area contributed by atoms with Crippen molar-refractivity contribution >= 4 is 12.1 Å². The third-order valence-electron chi connectivity index (χ3n) is 4.13. The second-order valence-electron chi connectivity index (χ2n) is 5.81. The van der Waals surface area contributed by atoms with Crippen LogP contribution >= 0.6 is 0 Å². The number of carbonyl (C=O) groups excluding carboxylic acids is 1. The second-order valence-corrected chi connectivity index (χ2v) is 5.81. The molecule has 26 heavy (non-hydrogen) atoms. The molecule has 1 aliphatic carbocycles. The third kappa shape index (κ3) is 3.37. The van der Waals surface area contributed by atoms with E-state index in [2.05, 4.69) is 5.10 Å². The molecule has 0 amide bonds. The van der Waals surface area contributed by atoms with Crippen molar-refractivity contribution in [3.8, 4) is 5.75 Å².